The number of benzene rings is 1. The maximum atomic E-state index is 5.85. The molecule has 0 radical (unpaired) electrons. The SMILES string of the molecule is NCc1ccccc1N1CCN2CCCCC2C1. The number of anilines is 1. The fourth-order valence-corrected chi connectivity index (χ4v) is 3.37. The molecular weight excluding hydrogens is 222 g/mol. The van der Waals surface area contributed by atoms with E-state index in [0.29, 0.717) is 6.54 Å². The number of piperazine rings is 1. The minimum Gasteiger partial charge on any atom is -0.368 e. The number of rotatable bonds is 2. The van der Waals surface area contributed by atoms with Crippen molar-refractivity contribution in [2.45, 2.75) is 31.8 Å². The number of hydrogen-bond acceptors (Lipinski definition) is 3. The van der Waals surface area contributed by atoms with E-state index in [1.165, 1.54) is 50.1 Å². The average Bonchev–Trinajstić information content (AvgIpc) is 2.46. The molecule has 98 valence electrons. The molecule has 1 aromatic carbocycles. The van der Waals surface area contributed by atoms with Crippen molar-refractivity contribution in [2.24, 2.45) is 5.73 Å². The van der Waals surface area contributed by atoms with E-state index < -0.39 is 0 Å². The Morgan fingerprint density at radius 2 is 2.00 bits per heavy atom. The molecular formula is C15H23N3. The molecule has 2 N–H and O–H groups in total. The van der Waals surface area contributed by atoms with Crippen molar-refractivity contribution < 1.29 is 0 Å². The van der Waals surface area contributed by atoms with Crippen molar-refractivity contribution in [1.29, 1.82) is 0 Å². The van der Waals surface area contributed by atoms with Crippen molar-refractivity contribution in [2.75, 3.05) is 31.1 Å². The van der Waals surface area contributed by atoms with Crippen LogP contribution >= 0.6 is 0 Å². The smallest absolute Gasteiger partial charge is 0.0412 e. The highest BCUT2D eigenvalue weighted by molar-refractivity contribution is 5.54. The third-order valence-electron chi connectivity index (χ3n) is 4.39. The van der Waals surface area contributed by atoms with Crippen LogP contribution in [0.4, 0.5) is 5.69 Å². The summed E-state index contributed by atoms with van der Waals surface area (Å²) in [7, 11) is 0. The lowest BCUT2D eigenvalue weighted by Crippen LogP contribution is -2.55. The molecule has 0 spiro atoms. The molecule has 1 unspecified atom stereocenters. The molecule has 1 aromatic rings. The van der Waals surface area contributed by atoms with E-state index in [4.69, 9.17) is 5.73 Å². The highest BCUT2D eigenvalue weighted by atomic mass is 15.3. The summed E-state index contributed by atoms with van der Waals surface area (Å²) >= 11 is 0. The van der Waals surface area contributed by atoms with E-state index in [-0.39, 0.29) is 0 Å². The van der Waals surface area contributed by atoms with E-state index >= 15 is 0 Å². The first-order valence-electron chi connectivity index (χ1n) is 7.15. The van der Waals surface area contributed by atoms with E-state index in [1.807, 2.05) is 0 Å². The molecule has 18 heavy (non-hydrogen) atoms. The second kappa shape index (κ2) is 5.29. The molecule has 2 heterocycles. The monoisotopic (exact) mass is 245 g/mol. The largest absolute Gasteiger partial charge is 0.368 e. The topological polar surface area (TPSA) is 32.5 Å². The van der Waals surface area contributed by atoms with Crippen molar-refractivity contribution in [3.8, 4) is 0 Å². The average molecular weight is 245 g/mol. The van der Waals surface area contributed by atoms with Gasteiger partial charge in [-0.05, 0) is 31.0 Å². The number of para-hydroxylation sites is 1. The van der Waals surface area contributed by atoms with Crippen LogP contribution in [0.15, 0.2) is 24.3 Å². The number of fused-ring (bicyclic) bond motifs is 1. The van der Waals surface area contributed by atoms with Crippen LogP contribution in [0, 0.1) is 0 Å². The van der Waals surface area contributed by atoms with Crippen LogP contribution in [-0.2, 0) is 6.54 Å². The summed E-state index contributed by atoms with van der Waals surface area (Å²) in [5.41, 5.74) is 8.48. The fraction of sp³-hybridized carbons (Fsp3) is 0.600. The quantitative estimate of drug-likeness (QED) is 0.862. The zero-order valence-corrected chi connectivity index (χ0v) is 11.0. The second-order valence-corrected chi connectivity index (χ2v) is 5.46. The van der Waals surface area contributed by atoms with Gasteiger partial charge in [-0.15, -0.1) is 0 Å². The summed E-state index contributed by atoms with van der Waals surface area (Å²) in [5, 5.41) is 0. The molecule has 3 heteroatoms. The zero-order chi connectivity index (χ0) is 12.4. The van der Waals surface area contributed by atoms with E-state index in [9.17, 15) is 0 Å². The lowest BCUT2D eigenvalue weighted by atomic mass is 9.98. The Hall–Kier alpha value is -1.06. The van der Waals surface area contributed by atoms with Gasteiger partial charge in [0.15, 0.2) is 0 Å². The van der Waals surface area contributed by atoms with Gasteiger partial charge in [0, 0.05) is 37.9 Å². The Labute approximate surface area is 110 Å². The standard InChI is InChI=1S/C15H23N3/c16-11-13-5-1-2-7-15(13)18-10-9-17-8-4-3-6-14(17)12-18/h1-2,5,7,14H,3-4,6,8-12,16H2. The minimum atomic E-state index is 0.640. The Kier molecular flexibility index (Phi) is 3.52. The van der Waals surface area contributed by atoms with Gasteiger partial charge in [-0.1, -0.05) is 24.6 Å². The first-order valence-corrected chi connectivity index (χ1v) is 7.15. The third-order valence-corrected chi connectivity index (χ3v) is 4.39. The number of nitrogens with zero attached hydrogens (tertiary/aromatic N) is 2. The van der Waals surface area contributed by atoms with Crippen molar-refractivity contribution in [3.63, 3.8) is 0 Å². The van der Waals surface area contributed by atoms with Gasteiger partial charge < -0.3 is 10.6 Å². The third kappa shape index (κ3) is 2.25. The Bertz CT molecular complexity index is 404. The normalized spacial score (nSPS) is 24.9. The molecule has 2 fully saturated rings. The molecule has 0 bridgehead atoms. The predicted molar refractivity (Wildman–Crippen MR) is 75.8 cm³/mol. The zero-order valence-electron chi connectivity index (χ0n) is 11.0. The van der Waals surface area contributed by atoms with E-state index in [0.717, 1.165) is 12.6 Å². The predicted octanol–water partition coefficient (Wildman–Crippen LogP) is 1.82. The van der Waals surface area contributed by atoms with Gasteiger partial charge in [-0.25, -0.2) is 0 Å². The summed E-state index contributed by atoms with van der Waals surface area (Å²) in [6, 6.07) is 9.35. The van der Waals surface area contributed by atoms with E-state index in [1.54, 1.807) is 0 Å². The van der Waals surface area contributed by atoms with Crippen LogP contribution in [0.5, 0.6) is 0 Å². The van der Waals surface area contributed by atoms with Crippen molar-refractivity contribution in [1.82, 2.24) is 4.90 Å². The summed E-state index contributed by atoms with van der Waals surface area (Å²) in [4.78, 5) is 5.21. The van der Waals surface area contributed by atoms with Crippen LogP contribution < -0.4 is 10.6 Å². The Morgan fingerprint density at radius 1 is 1.11 bits per heavy atom. The summed E-state index contributed by atoms with van der Waals surface area (Å²) in [6.45, 7) is 5.48. The molecule has 2 aliphatic heterocycles. The minimum absolute atomic E-state index is 0.640. The number of nitrogens with two attached hydrogens (primary N) is 1. The van der Waals surface area contributed by atoms with Crippen molar-refractivity contribution >= 4 is 5.69 Å². The fourth-order valence-electron chi connectivity index (χ4n) is 3.37. The van der Waals surface area contributed by atoms with Crippen LogP contribution in [0.1, 0.15) is 24.8 Å². The van der Waals surface area contributed by atoms with Gasteiger partial charge in [-0.3, -0.25) is 4.90 Å². The van der Waals surface area contributed by atoms with Gasteiger partial charge in [0.2, 0.25) is 0 Å². The molecule has 2 aliphatic rings. The lowest BCUT2D eigenvalue weighted by molar-refractivity contribution is 0.133. The van der Waals surface area contributed by atoms with Gasteiger partial charge >= 0.3 is 0 Å². The van der Waals surface area contributed by atoms with E-state index in [2.05, 4.69) is 34.1 Å². The molecule has 1 atom stereocenters. The Morgan fingerprint density at radius 3 is 2.89 bits per heavy atom. The van der Waals surface area contributed by atoms with Crippen LogP contribution in [0.25, 0.3) is 0 Å². The lowest BCUT2D eigenvalue weighted by Gasteiger charge is -2.45. The van der Waals surface area contributed by atoms with Gasteiger partial charge in [0.1, 0.15) is 0 Å². The summed E-state index contributed by atoms with van der Waals surface area (Å²) in [5.74, 6) is 0. The highest BCUT2D eigenvalue weighted by Crippen LogP contribution is 2.27. The molecule has 0 saturated carbocycles. The molecule has 0 amide bonds. The maximum Gasteiger partial charge on any atom is 0.0412 e. The summed E-state index contributed by atoms with van der Waals surface area (Å²) in [6.07, 6.45) is 4.14. The highest BCUT2D eigenvalue weighted by Gasteiger charge is 2.29. The molecule has 3 rings (SSSR count). The van der Waals surface area contributed by atoms with Crippen molar-refractivity contribution in [3.05, 3.63) is 29.8 Å². The van der Waals surface area contributed by atoms with Crippen LogP contribution in [-0.4, -0.2) is 37.1 Å². The first kappa shape index (κ1) is 12.0. The second-order valence-electron chi connectivity index (χ2n) is 5.46. The molecule has 2 saturated heterocycles. The molecule has 3 nitrogen and oxygen atoms in total. The number of piperidine rings is 1. The number of hydrogen-bond donors (Lipinski definition) is 1. The van der Waals surface area contributed by atoms with Crippen LogP contribution in [0.3, 0.4) is 0 Å². The summed E-state index contributed by atoms with van der Waals surface area (Å²) < 4.78 is 0. The Balaban J connectivity index is 1.77. The van der Waals surface area contributed by atoms with Gasteiger partial charge in [-0.2, -0.15) is 0 Å². The molecule has 0 aromatic heterocycles. The van der Waals surface area contributed by atoms with Gasteiger partial charge in [0.05, 0.1) is 0 Å². The molecule has 0 aliphatic carbocycles. The van der Waals surface area contributed by atoms with Crippen LogP contribution in [0.2, 0.25) is 0 Å². The first-order chi connectivity index (χ1) is 8.88. The van der Waals surface area contributed by atoms with Gasteiger partial charge in [0.25, 0.3) is 0 Å². The maximum absolute atomic E-state index is 5.85.